The number of carbonyl (C=O) groups excluding carboxylic acids is 1. The van der Waals surface area contributed by atoms with Gasteiger partial charge in [0.2, 0.25) is 5.88 Å². The second-order valence-electron chi connectivity index (χ2n) is 4.11. The first-order chi connectivity index (χ1) is 9.17. The topological polar surface area (TPSA) is 52.1 Å². The van der Waals surface area contributed by atoms with Gasteiger partial charge in [0.15, 0.2) is 0 Å². The van der Waals surface area contributed by atoms with Crippen molar-refractivity contribution >= 4 is 21.7 Å². The van der Waals surface area contributed by atoms with Crippen LogP contribution in [0.4, 0.5) is 0 Å². The van der Waals surface area contributed by atoms with Crippen molar-refractivity contribution in [2.24, 2.45) is 0 Å². The number of aromatic nitrogens is 2. The maximum atomic E-state index is 11.9. The van der Waals surface area contributed by atoms with E-state index in [9.17, 15) is 4.79 Å². The van der Waals surface area contributed by atoms with Crippen molar-refractivity contribution in [2.45, 2.75) is 12.8 Å². The standard InChI is InChI=1S/C14H13BrN2O2/c1-19-14-3-2-10(8-17-14)5-13(18)6-11-4-12(15)9-16-7-11/h2-4,7-9H,5-6H2,1H3. The van der Waals surface area contributed by atoms with Crippen LogP contribution in [0.2, 0.25) is 0 Å². The zero-order chi connectivity index (χ0) is 13.7. The minimum Gasteiger partial charge on any atom is -0.481 e. The van der Waals surface area contributed by atoms with Crippen LogP contribution in [0.3, 0.4) is 0 Å². The van der Waals surface area contributed by atoms with Gasteiger partial charge in [-0.2, -0.15) is 0 Å². The van der Waals surface area contributed by atoms with Crippen molar-refractivity contribution in [3.05, 3.63) is 52.4 Å². The van der Waals surface area contributed by atoms with Gasteiger partial charge in [0.25, 0.3) is 0 Å². The summed E-state index contributed by atoms with van der Waals surface area (Å²) >= 11 is 3.34. The number of methoxy groups -OCH3 is 1. The first kappa shape index (κ1) is 13.7. The molecule has 0 bridgehead atoms. The minimum atomic E-state index is 0.131. The number of hydrogen-bond acceptors (Lipinski definition) is 4. The summed E-state index contributed by atoms with van der Waals surface area (Å²) < 4.78 is 5.85. The molecule has 0 amide bonds. The molecule has 98 valence electrons. The fraction of sp³-hybridized carbons (Fsp3) is 0.214. The van der Waals surface area contributed by atoms with Gasteiger partial charge in [-0.3, -0.25) is 9.78 Å². The van der Waals surface area contributed by atoms with Crippen LogP contribution >= 0.6 is 15.9 Å². The summed E-state index contributed by atoms with van der Waals surface area (Å²) in [5.74, 6) is 0.680. The van der Waals surface area contributed by atoms with Gasteiger partial charge in [0.1, 0.15) is 5.78 Å². The van der Waals surface area contributed by atoms with E-state index in [1.807, 2.05) is 12.1 Å². The van der Waals surface area contributed by atoms with Crippen molar-refractivity contribution < 1.29 is 9.53 Å². The number of halogens is 1. The number of hydrogen-bond donors (Lipinski definition) is 0. The Morgan fingerprint density at radius 1 is 1.21 bits per heavy atom. The predicted molar refractivity (Wildman–Crippen MR) is 75.1 cm³/mol. The summed E-state index contributed by atoms with van der Waals surface area (Å²) in [6.45, 7) is 0. The molecule has 0 aliphatic heterocycles. The molecular formula is C14H13BrN2O2. The summed E-state index contributed by atoms with van der Waals surface area (Å²) in [5.41, 5.74) is 1.79. The number of ketones is 1. The third kappa shape index (κ3) is 4.13. The highest BCUT2D eigenvalue weighted by Crippen LogP contribution is 2.12. The van der Waals surface area contributed by atoms with E-state index < -0.39 is 0 Å². The maximum absolute atomic E-state index is 11.9. The van der Waals surface area contributed by atoms with Gasteiger partial charge in [0.05, 0.1) is 7.11 Å². The Balaban J connectivity index is 1.97. The zero-order valence-corrected chi connectivity index (χ0v) is 12.1. The van der Waals surface area contributed by atoms with Crippen LogP contribution in [0, 0.1) is 0 Å². The van der Waals surface area contributed by atoms with E-state index in [2.05, 4.69) is 25.9 Å². The van der Waals surface area contributed by atoms with Crippen LogP contribution in [0.15, 0.2) is 41.3 Å². The molecule has 2 heterocycles. The third-order valence-corrected chi connectivity index (χ3v) is 3.00. The lowest BCUT2D eigenvalue weighted by molar-refractivity contribution is -0.117. The average molecular weight is 321 g/mol. The van der Waals surface area contributed by atoms with Crippen molar-refractivity contribution in [1.29, 1.82) is 0 Å². The normalized spacial score (nSPS) is 10.2. The van der Waals surface area contributed by atoms with Crippen LogP contribution in [-0.4, -0.2) is 22.9 Å². The smallest absolute Gasteiger partial charge is 0.212 e. The molecule has 0 atom stereocenters. The summed E-state index contributed by atoms with van der Waals surface area (Å²) in [5, 5.41) is 0. The first-order valence-electron chi connectivity index (χ1n) is 5.77. The number of rotatable bonds is 5. The second kappa shape index (κ2) is 6.43. The Hall–Kier alpha value is -1.75. The Labute approximate surface area is 120 Å². The van der Waals surface area contributed by atoms with Gasteiger partial charge >= 0.3 is 0 Å². The molecule has 0 saturated carbocycles. The largest absolute Gasteiger partial charge is 0.481 e. The highest BCUT2D eigenvalue weighted by atomic mass is 79.9. The molecule has 0 aliphatic carbocycles. The molecule has 0 N–H and O–H groups in total. The fourth-order valence-electron chi connectivity index (χ4n) is 1.71. The molecule has 4 nitrogen and oxygen atoms in total. The quantitative estimate of drug-likeness (QED) is 0.849. The monoisotopic (exact) mass is 320 g/mol. The third-order valence-electron chi connectivity index (χ3n) is 2.57. The molecule has 0 spiro atoms. The molecule has 2 aromatic heterocycles. The van der Waals surface area contributed by atoms with Crippen LogP contribution in [-0.2, 0) is 17.6 Å². The highest BCUT2D eigenvalue weighted by Gasteiger charge is 2.06. The van der Waals surface area contributed by atoms with Gasteiger partial charge in [-0.15, -0.1) is 0 Å². The molecule has 0 aromatic carbocycles. The van der Waals surface area contributed by atoms with Gasteiger partial charge in [-0.25, -0.2) is 4.98 Å². The van der Waals surface area contributed by atoms with Crippen LogP contribution < -0.4 is 4.74 Å². The summed E-state index contributed by atoms with van der Waals surface area (Å²) in [4.78, 5) is 20.1. The number of nitrogens with zero attached hydrogens (tertiary/aromatic N) is 2. The van der Waals surface area contributed by atoms with Gasteiger partial charge in [-0.05, 0) is 33.1 Å². The van der Waals surface area contributed by atoms with E-state index >= 15 is 0 Å². The second-order valence-corrected chi connectivity index (χ2v) is 5.03. The van der Waals surface area contributed by atoms with Crippen LogP contribution in [0.25, 0.3) is 0 Å². The fourth-order valence-corrected chi connectivity index (χ4v) is 2.12. The highest BCUT2D eigenvalue weighted by molar-refractivity contribution is 9.10. The zero-order valence-electron chi connectivity index (χ0n) is 10.5. The lowest BCUT2D eigenvalue weighted by Crippen LogP contribution is -2.07. The molecule has 0 aliphatic rings. The van der Waals surface area contributed by atoms with Crippen LogP contribution in [0.1, 0.15) is 11.1 Å². The SMILES string of the molecule is COc1ccc(CC(=O)Cc2cncc(Br)c2)cn1. The van der Waals surface area contributed by atoms with E-state index in [0.717, 1.165) is 15.6 Å². The molecule has 5 heteroatoms. The average Bonchev–Trinajstić information content (AvgIpc) is 2.39. The number of pyridine rings is 2. The Bertz CT molecular complexity index is 570. The molecule has 2 rings (SSSR count). The number of carbonyl (C=O) groups is 1. The predicted octanol–water partition coefficient (Wildman–Crippen LogP) is 2.60. The lowest BCUT2D eigenvalue weighted by Gasteiger charge is -2.03. The van der Waals surface area contributed by atoms with E-state index in [0.29, 0.717) is 18.7 Å². The van der Waals surface area contributed by atoms with Gasteiger partial charge < -0.3 is 4.74 Å². The van der Waals surface area contributed by atoms with E-state index in [4.69, 9.17) is 4.74 Å². The Morgan fingerprint density at radius 2 is 2.00 bits per heavy atom. The minimum absolute atomic E-state index is 0.131. The maximum Gasteiger partial charge on any atom is 0.212 e. The first-order valence-corrected chi connectivity index (χ1v) is 6.56. The molecule has 0 saturated heterocycles. The molecule has 0 fully saturated rings. The van der Waals surface area contributed by atoms with E-state index in [1.54, 1.807) is 31.8 Å². The molecule has 0 unspecified atom stereocenters. The molecule has 2 aromatic rings. The Morgan fingerprint density at radius 3 is 2.63 bits per heavy atom. The molecule has 19 heavy (non-hydrogen) atoms. The van der Waals surface area contributed by atoms with E-state index in [1.165, 1.54) is 0 Å². The Kier molecular flexibility index (Phi) is 4.63. The van der Waals surface area contributed by atoms with Gasteiger partial charge in [0, 0.05) is 42.0 Å². The number of ether oxygens (including phenoxy) is 1. The van der Waals surface area contributed by atoms with Crippen molar-refractivity contribution in [2.75, 3.05) is 7.11 Å². The molecular weight excluding hydrogens is 308 g/mol. The summed E-state index contributed by atoms with van der Waals surface area (Å²) in [6.07, 6.45) is 5.80. The van der Waals surface area contributed by atoms with Crippen molar-refractivity contribution in [3.8, 4) is 5.88 Å². The summed E-state index contributed by atoms with van der Waals surface area (Å²) in [6, 6.07) is 5.50. The summed E-state index contributed by atoms with van der Waals surface area (Å²) in [7, 11) is 1.56. The number of Topliss-reactive ketones (excluding diaryl/α,β-unsaturated/α-hetero) is 1. The van der Waals surface area contributed by atoms with Crippen molar-refractivity contribution in [1.82, 2.24) is 9.97 Å². The van der Waals surface area contributed by atoms with E-state index in [-0.39, 0.29) is 5.78 Å². The van der Waals surface area contributed by atoms with Gasteiger partial charge in [-0.1, -0.05) is 6.07 Å². The molecule has 0 radical (unpaired) electrons. The van der Waals surface area contributed by atoms with Crippen molar-refractivity contribution in [3.63, 3.8) is 0 Å². The van der Waals surface area contributed by atoms with Crippen LogP contribution in [0.5, 0.6) is 5.88 Å². The lowest BCUT2D eigenvalue weighted by atomic mass is 10.1.